The summed E-state index contributed by atoms with van der Waals surface area (Å²) in [5.74, 6) is 6.49. The van der Waals surface area contributed by atoms with Gasteiger partial charge in [-0.2, -0.15) is 0 Å². The van der Waals surface area contributed by atoms with Crippen LogP contribution in [0.25, 0.3) is 0 Å². The van der Waals surface area contributed by atoms with Gasteiger partial charge in [-0.15, -0.1) is 0 Å². The van der Waals surface area contributed by atoms with E-state index in [0.717, 1.165) is 24.1 Å². The van der Waals surface area contributed by atoms with E-state index in [1.54, 1.807) is 5.41 Å². The number of aromatic nitrogens is 2. The fraction of sp³-hybridized carbons (Fsp3) is 0.348. The van der Waals surface area contributed by atoms with Crippen molar-refractivity contribution in [1.29, 1.82) is 0 Å². The standard InChI is InChI=1S/C23H28N6O2S/c1-3-19-22(26-17-10-13-31-14-11-17)29-23(20(28-19)21(24)30)27-18-9-5-7-16(15-18)8-6-12-25-32-4-2/h4-5,7,9,15,17,25H,2-3,10-14H2,1H3,(H2,24,30)(H2,26,27,29). The highest BCUT2D eigenvalue weighted by molar-refractivity contribution is 8.00. The van der Waals surface area contributed by atoms with E-state index in [2.05, 4.69) is 38.8 Å². The van der Waals surface area contributed by atoms with Crippen LogP contribution in [0.4, 0.5) is 17.3 Å². The van der Waals surface area contributed by atoms with E-state index in [1.807, 2.05) is 31.2 Å². The first-order chi connectivity index (χ1) is 15.6. The lowest BCUT2D eigenvalue weighted by molar-refractivity contribution is 0.0903. The Kier molecular flexibility index (Phi) is 8.92. The second-order valence-corrected chi connectivity index (χ2v) is 7.94. The maximum absolute atomic E-state index is 12.1. The Morgan fingerprint density at radius 3 is 2.88 bits per heavy atom. The number of nitrogens with two attached hydrogens (primary N) is 1. The van der Waals surface area contributed by atoms with Gasteiger partial charge in [-0.05, 0) is 42.9 Å². The van der Waals surface area contributed by atoms with Gasteiger partial charge in [0.2, 0.25) is 0 Å². The van der Waals surface area contributed by atoms with Crippen molar-refractivity contribution < 1.29 is 9.53 Å². The highest BCUT2D eigenvalue weighted by Crippen LogP contribution is 2.24. The molecule has 168 valence electrons. The number of benzene rings is 1. The van der Waals surface area contributed by atoms with Gasteiger partial charge in [0, 0.05) is 30.5 Å². The topological polar surface area (TPSA) is 114 Å². The van der Waals surface area contributed by atoms with Crippen LogP contribution >= 0.6 is 11.9 Å². The molecule has 0 atom stereocenters. The summed E-state index contributed by atoms with van der Waals surface area (Å²) in [7, 11) is 0. The lowest BCUT2D eigenvalue weighted by Gasteiger charge is -2.25. The van der Waals surface area contributed by atoms with Crippen molar-refractivity contribution in [3.05, 3.63) is 53.2 Å². The Hall–Kier alpha value is -3.06. The van der Waals surface area contributed by atoms with E-state index in [-0.39, 0.29) is 11.7 Å². The molecule has 2 heterocycles. The number of aryl methyl sites for hydroxylation is 1. The SMILES string of the molecule is C=CSNCC#Cc1cccc(Nc2nc(NC3CCOCC3)c(CC)nc2C(N)=O)c1. The van der Waals surface area contributed by atoms with Gasteiger partial charge in [-0.25, -0.2) is 14.7 Å². The van der Waals surface area contributed by atoms with E-state index in [1.165, 1.54) is 11.9 Å². The lowest BCUT2D eigenvalue weighted by atomic mass is 10.1. The molecule has 0 spiro atoms. The minimum Gasteiger partial charge on any atom is -0.381 e. The van der Waals surface area contributed by atoms with E-state index < -0.39 is 5.91 Å². The fourth-order valence-electron chi connectivity index (χ4n) is 3.22. The highest BCUT2D eigenvalue weighted by Gasteiger charge is 2.20. The van der Waals surface area contributed by atoms with E-state index in [4.69, 9.17) is 15.5 Å². The molecule has 0 bridgehead atoms. The Balaban J connectivity index is 1.84. The van der Waals surface area contributed by atoms with Gasteiger partial charge >= 0.3 is 0 Å². The van der Waals surface area contributed by atoms with Crippen LogP contribution in [0.1, 0.15) is 41.5 Å². The number of rotatable bonds is 9. The fourth-order valence-corrected chi connectivity index (χ4v) is 3.49. The van der Waals surface area contributed by atoms with Crippen molar-refractivity contribution in [3.63, 3.8) is 0 Å². The van der Waals surface area contributed by atoms with Crippen LogP contribution in [0.3, 0.4) is 0 Å². The maximum Gasteiger partial charge on any atom is 0.271 e. The number of carbonyl (C=O) groups is 1. The van der Waals surface area contributed by atoms with Gasteiger partial charge in [0.15, 0.2) is 17.3 Å². The molecule has 0 aliphatic carbocycles. The van der Waals surface area contributed by atoms with Crippen molar-refractivity contribution in [2.75, 3.05) is 30.4 Å². The number of carbonyl (C=O) groups excluding carboxylic acids is 1. The van der Waals surface area contributed by atoms with Crippen LogP contribution in [0.5, 0.6) is 0 Å². The first-order valence-electron chi connectivity index (χ1n) is 10.5. The molecular formula is C23H28N6O2S. The summed E-state index contributed by atoms with van der Waals surface area (Å²) >= 11 is 1.40. The summed E-state index contributed by atoms with van der Waals surface area (Å²) in [6.45, 7) is 7.56. The quantitative estimate of drug-likeness (QED) is 0.261. The largest absolute Gasteiger partial charge is 0.381 e. The first-order valence-corrected chi connectivity index (χ1v) is 11.4. The Bertz CT molecular complexity index is 1010. The van der Waals surface area contributed by atoms with E-state index in [0.29, 0.717) is 43.5 Å². The molecule has 1 aromatic carbocycles. The summed E-state index contributed by atoms with van der Waals surface area (Å²) in [5, 5.41) is 8.37. The third-order valence-corrected chi connectivity index (χ3v) is 5.26. The number of primary amides is 1. The molecule has 0 unspecified atom stereocenters. The van der Waals surface area contributed by atoms with Crippen LogP contribution in [0, 0.1) is 11.8 Å². The van der Waals surface area contributed by atoms with Crippen molar-refractivity contribution >= 4 is 35.2 Å². The highest BCUT2D eigenvalue weighted by atomic mass is 32.2. The second kappa shape index (κ2) is 12.1. The molecule has 1 aromatic heterocycles. The average molecular weight is 453 g/mol. The number of amides is 1. The van der Waals surface area contributed by atoms with E-state index in [9.17, 15) is 4.79 Å². The molecule has 5 N–H and O–H groups in total. The van der Waals surface area contributed by atoms with Crippen molar-refractivity contribution in [1.82, 2.24) is 14.7 Å². The summed E-state index contributed by atoms with van der Waals surface area (Å²) in [5.41, 5.74) is 8.00. The van der Waals surface area contributed by atoms with Gasteiger partial charge in [-0.3, -0.25) is 4.79 Å². The summed E-state index contributed by atoms with van der Waals surface area (Å²) < 4.78 is 8.49. The monoisotopic (exact) mass is 452 g/mol. The second-order valence-electron chi connectivity index (χ2n) is 7.08. The zero-order valence-electron chi connectivity index (χ0n) is 18.1. The molecule has 1 fully saturated rings. The molecule has 0 saturated carbocycles. The van der Waals surface area contributed by atoms with Crippen LogP contribution in [-0.4, -0.2) is 41.7 Å². The number of ether oxygens (including phenoxy) is 1. The molecule has 1 aliphatic rings. The number of nitrogens with zero attached hydrogens (tertiary/aromatic N) is 2. The Labute approximate surface area is 192 Å². The zero-order valence-corrected chi connectivity index (χ0v) is 18.9. The van der Waals surface area contributed by atoms with Gasteiger partial charge in [0.1, 0.15) is 0 Å². The van der Waals surface area contributed by atoms with Crippen LogP contribution in [0.2, 0.25) is 0 Å². The molecular weight excluding hydrogens is 424 g/mol. The van der Waals surface area contributed by atoms with Crippen LogP contribution < -0.4 is 21.1 Å². The van der Waals surface area contributed by atoms with Gasteiger partial charge in [0.25, 0.3) is 5.91 Å². The predicted molar refractivity (Wildman–Crippen MR) is 130 cm³/mol. The molecule has 3 rings (SSSR count). The number of nitrogens with one attached hydrogen (secondary N) is 3. The summed E-state index contributed by atoms with van der Waals surface area (Å²) in [4.78, 5) is 21.3. The summed E-state index contributed by atoms with van der Waals surface area (Å²) in [6.07, 6.45) is 2.42. The molecule has 1 amide bonds. The third kappa shape index (κ3) is 6.72. The summed E-state index contributed by atoms with van der Waals surface area (Å²) in [6, 6.07) is 7.82. The Morgan fingerprint density at radius 2 is 2.16 bits per heavy atom. The third-order valence-electron chi connectivity index (χ3n) is 4.78. The predicted octanol–water partition coefficient (Wildman–Crippen LogP) is 3.21. The molecule has 8 nitrogen and oxygen atoms in total. The Morgan fingerprint density at radius 1 is 1.34 bits per heavy atom. The van der Waals surface area contributed by atoms with Gasteiger partial charge in [-0.1, -0.05) is 43.4 Å². The number of hydrogen-bond acceptors (Lipinski definition) is 8. The van der Waals surface area contributed by atoms with Crippen molar-refractivity contribution in [2.45, 2.75) is 32.2 Å². The normalized spacial score (nSPS) is 13.7. The molecule has 1 saturated heterocycles. The molecule has 1 aliphatic heterocycles. The molecule has 2 aromatic rings. The average Bonchev–Trinajstić information content (AvgIpc) is 2.80. The first kappa shape index (κ1) is 23.6. The molecule has 32 heavy (non-hydrogen) atoms. The minimum atomic E-state index is -0.631. The molecule has 0 radical (unpaired) electrons. The number of hydrogen-bond donors (Lipinski definition) is 4. The van der Waals surface area contributed by atoms with Crippen LogP contribution in [0.15, 0.2) is 36.3 Å². The van der Waals surface area contributed by atoms with Crippen molar-refractivity contribution in [3.8, 4) is 11.8 Å². The van der Waals surface area contributed by atoms with Crippen LogP contribution in [-0.2, 0) is 11.2 Å². The smallest absolute Gasteiger partial charge is 0.271 e. The van der Waals surface area contributed by atoms with Gasteiger partial charge in [0.05, 0.1) is 12.2 Å². The van der Waals surface area contributed by atoms with E-state index >= 15 is 0 Å². The number of anilines is 3. The van der Waals surface area contributed by atoms with Gasteiger partial charge < -0.3 is 21.1 Å². The lowest BCUT2D eigenvalue weighted by Crippen LogP contribution is -2.29. The molecule has 9 heteroatoms. The van der Waals surface area contributed by atoms with Crippen molar-refractivity contribution in [2.24, 2.45) is 5.73 Å². The minimum absolute atomic E-state index is 0.113. The zero-order chi connectivity index (χ0) is 22.8. The maximum atomic E-state index is 12.1.